The highest BCUT2D eigenvalue weighted by molar-refractivity contribution is 6.30. The number of halogens is 1. The van der Waals surface area contributed by atoms with Crippen molar-refractivity contribution in [3.05, 3.63) is 29.3 Å². The van der Waals surface area contributed by atoms with E-state index < -0.39 is 5.41 Å². The lowest BCUT2D eigenvalue weighted by atomic mass is 9.85. The Morgan fingerprint density at radius 3 is 2.52 bits per heavy atom. The Morgan fingerprint density at radius 2 is 1.88 bits per heavy atom. The molecule has 134 valence electrons. The molecule has 3 amide bonds. The number of likely N-dealkylation sites (N-methyl/N-ethyl adjacent to an activating group) is 1. The minimum absolute atomic E-state index is 0.0695. The van der Waals surface area contributed by atoms with E-state index in [1.165, 1.54) is 4.90 Å². The number of hydrogen-bond acceptors (Lipinski definition) is 4. The highest BCUT2D eigenvalue weighted by Crippen LogP contribution is 2.46. The summed E-state index contributed by atoms with van der Waals surface area (Å²) in [7, 11) is 1.72. The van der Waals surface area contributed by atoms with Crippen LogP contribution in [0, 0.1) is 5.41 Å². The maximum absolute atomic E-state index is 12.6. The second kappa shape index (κ2) is 7.14. The van der Waals surface area contributed by atoms with Gasteiger partial charge in [-0.1, -0.05) is 24.4 Å². The Balaban J connectivity index is 1.54. The number of anilines is 1. The summed E-state index contributed by atoms with van der Waals surface area (Å²) in [6.07, 6.45) is 3.93. The average molecular weight is 364 g/mol. The van der Waals surface area contributed by atoms with E-state index in [1.807, 2.05) is 0 Å². The van der Waals surface area contributed by atoms with E-state index in [0.717, 1.165) is 25.7 Å². The molecule has 1 spiro atoms. The second-order valence-electron chi connectivity index (χ2n) is 7.00. The molecule has 1 aliphatic carbocycles. The van der Waals surface area contributed by atoms with Crippen LogP contribution in [0.4, 0.5) is 5.69 Å². The summed E-state index contributed by atoms with van der Waals surface area (Å²) in [5, 5.41) is 3.37. The summed E-state index contributed by atoms with van der Waals surface area (Å²) in [5.41, 5.74) is 0.185. The molecule has 0 aromatic heterocycles. The van der Waals surface area contributed by atoms with E-state index in [2.05, 4.69) is 5.32 Å². The van der Waals surface area contributed by atoms with E-state index >= 15 is 0 Å². The first-order valence-electron chi connectivity index (χ1n) is 8.48. The van der Waals surface area contributed by atoms with Crippen molar-refractivity contribution in [1.82, 2.24) is 9.80 Å². The van der Waals surface area contributed by atoms with Crippen molar-refractivity contribution in [2.24, 2.45) is 5.41 Å². The fraction of sp³-hybridized carbons (Fsp3) is 0.500. The van der Waals surface area contributed by atoms with Gasteiger partial charge in [0, 0.05) is 17.1 Å². The number of likely N-dealkylation sites (tertiary alicyclic amines) is 1. The van der Waals surface area contributed by atoms with Crippen molar-refractivity contribution in [2.45, 2.75) is 32.1 Å². The summed E-state index contributed by atoms with van der Waals surface area (Å²) >= 11 is 5.82. The standard InChI is InChI=1S/C18H22ClN3O3/c1-21(11-15(23)20-14-6-4-13(19)5-7-14)12-22-16(24)10-18(17(22)25)8-2-3-9-18/h4-7H,2-3,8-12H2,1H3,(H,20,23). The maximum atomic E-state index is 12.6. The first-order chi connectivity index (χ1) is 11.9. The van der Waals surface area contributed by atoms with E-state index in [9.17, 15) is 14.4 Å². The van der Waals surface area contributed by atoms with Gasteiger partial charge in [0.1, 0.15) is 0 Å². The number of nitrogens with one attached hydrogen (secondary N) is 1. The molecule has 2 fully saturated rings. The summed E-state index contributed by atoms with van der Waals surface area (Å²) in [5.74, 6) is -0.406. The molecule has 1 heterocycles. The molecule has 1 N–H and O–H groups in total. The fourth-order valence-corrected chi connectivity index (χ4v) is 3.84. The lowest BCUT2D eigenvalue weighted by molar-refractivity contribution is -0.144. The molecule has 1 aliphatic heterocycles. The second-order valence-corrected chi connectivity index (χ2v) is 7.44. The molecule has 1 aromatic carbocycles. The minimum Gasteiger partial charge on any atom is -0.325 e. The van der Waals surface area contributed by atoms with Gasteiger partial charge in [0.15, 0.2) is 0 Å². The molecule has 0 atom stereocenters. The Bertz CT molecular complexity index is 683. The predicted octanol–water partition coefficient (Wildman–Crippen LogP) is 2.49. The van der Waals surface area contributed by atoms with Gasteiger partial charge in [-0.2, -0.15) is 0 Å². The molecule has 1 aromatic rings. The van der Waals surface area contributed by atoms with Crippen LogP contribution in [0.3, 0.4) is 0 Å². The number of carbonyl (C=O) groups is 3. The minimum atomic E-state index is -0.469. The van der Waals surface area contributed by atoms with Crippen molar-refractivity contribution >= 4 is 35.0 Å². The number of hydrogen-bond donors (Lipinski definition) is 1. The topological polar surface area (TPSA) is 69.7 Å². The van der Waals surface area contributed by atoms with Gasteiger partial charge in [0.2, 0.25) is 17.7 Å². The quantitative estimate of drug-likeness (QED) is 0.816. The molecule has 0 radical (unpaired) electrons. The smallest absolute Gasteiger partial charge is 0.238 e. The zero-order valence-electron chi connectivity index (χ0n) is 14.3. The Morgan fingerprint density at radius 1 is 1.24 bits per heavy atom. The monoisotopic (exact) mass is 363 g/mol. The van der Waals surface area contributed by atoms with Gasteiger partial charge in [-0.05, 0) is 44.2 Å². The van der Waals surface area contributed by atoms with Gasteiger partial charge in [-0.15, -0.1) is 0 Å². The van der Waals surface area contributed by atoms with Crippen molar-refractivity contribution in [3.63, 3.8) is 0 Å². The van der Waals surface area contributed by atoms with Crippen molar-refractivity contribution < 1.29 is 14.4 Å². The van der Waals surface area contributed by atoms with Crippen LogP contribution in [0.1, 0.15) is 32.1 Å². The largest absolute Gasteiger partial charge is 0.325 e. The molecule has 6 nitrogen and oxygen atoms in total. The zero-order valence-corrected chi connectivity index (χ0v) is 15.0. The van der Waals surface area contributed by atoms with Crippen LogP contribution in [0.5, 0.6) is 0 Å². The molecule has 1 saturated carbocycles. The van der Waals surface area contributed by atoms with E-state index in [1.54, 1.807) is 36.2 Å². The van der Waals surface area contributed by atoms with Gasteiger partial charge in [0.05, 0.1) is 18.6 Å². The molecule has 7 heteroatoms. The summed E-state index contributed by atoms with van der Waals surface area (Å²) in [6, 6.07) is 6.84. The number of benzene rings is 1. The summed E-state index contributed by atoms with van der Waals surface area (Å²) < 4.78 is 0. The molecule has 25 heavy (non-hydrogen) atoms. The third kappa shape index (κ3) is 3.85. The van der Waals surface area contributed by atoms with Crippen LogP contribution in [0.25, 0.3) is 0 Å². The van der Waals surface area contributed by atoms with Gasteiger partial charge < -0.3 is 5.32 Å². The third-order valence-electron chi connectivity index (χ3n) is 4.97. The molecule has 1 saturated heterocycles. The first kappa shape index (κ1) is 17.9. The van der Waals surface area contributed by atoms with Crippen molar-refractivity contribution in [1.29, 1.82) is 0 Å². The van der Waals surface area contributed by atoms with Gasteiger partial charge in [0.25, 0.3) is 0 Å². The molecule has 3 rings (SSSR count). The summed E-state index contributed by atoms with van der Waals surface area (Å²) in [4.78, 5) is 40.0. The molecular formula is C18H22ClN3O3. The Kier molecular flexibility index (Phi) is 5.11. The highest BCUT2D eigenvalue weighted by Gasteiger charge is 2.52. The Hall–Kier alpha value is -1.92. The van der Waals surface area contributed by atoms with Gasteiger partial charge >= 0.3 is 0 Å². The molecule has 0 bridgehead atoms. The van der Waals surface area contributed by atoms with Crippen molar-refractivity contribution in [2.75, 3.05) is 25.6 Å². The van der Waals surface area contributed by atoms with E-state index in [4.69, 9.17) is 11.6 Å². The highest BCUT2D eigenvalue weighted by atomic mass is 35.5. The van der Waals surface area contributed by atoms with E-state index in [-0.39, 0.29) is 30.9 Å². The van der Waals surface area contributed by atoms with E-state index in [0.29, 0.717) is 17.1 Å². The van der Waals surface area contributed by atoms with Crippen LogP contribution in [-0.4, -0.2) is 47.8 Å². The SMILES string of the molecule is CN(CC(=O)Nc1ccc(Cl)cc1)CN1C(=O)CC2(CCCC2)C1=O. The van der Waals surface area contributed by atoms with Gasteiger partial charge in [-0.3, -0.25) is 24.2 Å². The predicted molar refractivity (Wildman–Crippen MR) is 94.9 cm³/mol. The maximum Gasteiger partial charge on any atom is 0.238 e. The van der Waals surface area contributed by atoms with Crippen LogP contribution < -0.4 is 5.32 Å². The molecular weight excluding hydrogens is 342 g/mol. The normalized spacial score (nSPS) is 19.2. The van der Waals surface area contributed by atoms with Gasteiger partial charge in [-0.25, -0.2) is 0 Å². The number of imide groups is 1. The lowest BCUT2D eigenvalue weighted by Crippen LogP contribution is -2.43. The van der Waals surface area contributed by atoms with Crippen LogP contribution >= 0.6 is 11.6 Å². The number of nitrogens with zero attached hydrogens (tertiary/aromatic N) is 2. The number of amides is 3. The average Bonchev–Trinajstić information content (AvgIpc) is 3.11. The van der Waals surface area contributed by atoms with Crippen molar-refractivity contribution in [3.8, 4) is 0 Å². The lowest BCUT2D eigenvalue weighted by Gasteiger charge is -2.25. The zero-order chi connectivity index (χ0) is 18.0. The van der Waals surface area contributed by atoms with Crippen LogP contribution in [0.15, 0.2) is 24.3 Å². The number of carbonyl (C=O) groups excluding carboxylic acids is 3. The molecule has 0 unspecified atom stereocenters. The first-order valence-corrected chi connectivity index (χ1v) is 8.86. The fourth-order valence-electron chi connectivity index (χ4n) is 3.72. The third-order valence-corrected chi connectivity index (χ3v) is 5.23. The van der Waals surface area contributed by atoms with Crippen LogP contribution in [0.2, 0.25) is 5.02 Å². The van der Waals surface area contributed by atoms with Crippen LogP contribution in [-0.2, 0) is 14.4 Å². The number of rotatable bonds is 5. The Labute approximate surface area is 152 Å². The molecule has 2 aliphatic rings. The summed E-state index contributed by atoms with van der Waals surface area (Å²) in [6.45, 7) is 0.236.